The van der Waals surface area contributed by atoms with Crippen LogP contribution in [-0.4, -0.2) is 43.9 Å². The van der Waals surface area contributed by atoms with Crippen LogP contribution in [0.1, 0.15) is 36.2 Å². The number of anilines is 2. The number of aromatic amines is 1. The highest BCUT2D eigenvalue weighted by Gasteiger charge is 2.28. The van der Waals surface area contributed by atoms with Gasteiger partial charge in [-0.3, -0.25) is 19.5 Å². The summed E-state index contributed by atoms with van der Waals surface area (Å²) in [6.07, 6.45) is 7.39. The van der Waals surface area contributed by atoms with Crippen molar-refractivity contribution >= 4 is 29.2 Å². The predicted molar refractivity (Wildman–Crippen MR) is 127 cm³/mol. The molecule has 3 aromatic heterocycles. The first kappa shape index (κ1) is 22.8. The van der Waals surface area contributed by atoms with Crippen LogP contribution in [0.5, 0.6) is 0 Å². The normalized spacial score (nSPS) is 17.4. The Labute approximate surface area is 196 Å². The molecule has 1 aliphatic rings. The van der Waals surface area contributed by atoms with E-state index in [4.69, 9.17) is 0 Å². The van der Waals surface area contributed by atoms with Gasteiger partial charge in [0.2, 0.25) is 11.8 Å². The summed E-state index contributed by atoms with van der Waals surface area (Å²) in [7, 11) is 0. The van der Waals surface area contributed by atoms with E-state index in [2.05, 4.69) is 42.7 Å². The van der Waals surface area contributed by atoms with Crippen LogP contribution < -0.4 is 16.0 Å². The molecule has 0 radical (unpaired) electrons. The fourth-order valence-electron chi connectivity index (χ4n) is 3.90. The molecule has 4 N–H and O–H groups in total. The molecule has 1 aliphatic carbocycles. The minimum Gasteiger partial charge on any atom is -0.350 e. The number of pyridine rings is 2. The van der Waals surface area contributed by atoms with Gasteiger partial charge in [0.15, 0.2) is 0 Å². The van der Waals surface area contributed by atoms with Crippen LogP contribution in [-0.2, 0) is 9.59 Å². The first-order valence-electron chi connectivity index (χ1n) is 11.0. The first-order valence-corrected chi connectivity index (χ1v) is 11.0. The summed E-state index contributed by atoms with van der Waals surface area (Å²) in [6, 6.07) is 10.1. The summed E-state index contributed by atoms with van der Waals surface area (Å²) in [6.45, 7) is 3.46. The lowest BCUT2D eigenvalue weighted by molar-refractivity contribution is -0.122. The van der Waals surface area contributed by atoms with E-state index in [1.54, 1.807) is 42.6 Å². The summed E-state index contributed by atoms with van der Waals surface area (Å²) in [5, 5.41) is 15.1. The minimum absolute atomic E-state index is 0.0360. The molecule has 10 nitrogen and oxygen atoms in total. The molecule has 0 saturated heterocycles. The first-order chi connectivity index (χ1) is 16.5. The van der Waals surface area contributed by atoms with Gasteiger partial charge in [-0.25, -0.2) is 9.97 Å². The molecule has 2 atom stereocenters. The third-order valence-corrected chi connectivity index (χ3v) is 5.61. The average Bonchev–Trinajstić information content (AvgIpc) is 3.40. The number of amides is 3. The smallest absolute Gasteiger partial charge is 0.275 e. The molecular formula is C24H25N7O3. The van der Waals surface area contributed by atoms with Gasteiger partial charge in [-0.1, -0.05) is 19.1 Å². The van der Waals surface area contributed by atoms with E-state index in [9.17, 15) is 14.4 Å². The van der Waals surface area contributed by atoms with Crippen molar-refractivity contribution in [3.8, 4) is 11.4 Å². The number of aromatic nitrogens is 4. The molecule has 1 fully saturated rings. The number of carbonyl (C=O) groups excluding carboxylic acids is 3. The van der Waals surface area contributed by atoms with Crippen molar-refractivity contribution in [2.75, 3.05) is 10.6 Å². The Morgan fingerprint density at radius 1 is 1.09 bits per heavy atom. The van der Waals surface area contributed by atoms with Crippen LogP contribution in [0.2, 0.25) is 0 Å². The Bertz CT molecular complexity index is 1180. The lowest BCUT2D eigenvalue weighted by Crippen LogP contribution is -2.40. The van der Waals surface area contributed by atoms with E-state index >= 15 is 0 Å². The van der Waals surface area contributed by atoms with E-state index in [1.165, 1.54) is 12.3 Å². The summed E-state index contributed by atoms with van der Waals surface area (Å²) in [4.78, 5) is 45.4. The summed E-state index contributed by atoms with van der Waals surface area (Å²) >= 11 is 0. The molecule has 10 heteroatoms. The molecule has 3 aromatic rings. The number of rotatable bonds is 7. The lowest BCUT2D eigenvalue weighted by Gasteiger charge is -2.28. The van der Waals surface area contributed by atoms with Crippen molar-refractivity contribution in [3.05, 3.63) is 67.1 Å². The lowest BCUT2D eigenvalue weighted by atomic mass is 9.85. The van der Waals surface area contributed by atoms with Crippen LogP contribution >= 0.6 is 0 Å². The Hall–Kier alpha value is -4.34. The molecule has 0 aliphatic heterocycles. The zero-order valence-corrected chi connectivity index (χ0v) is 18.5. The fourth-order valence-corrected chi connectivity index (χ4v) is 3.90. The second-order valence-electron chi connectivity index (χ2n) is 8.03. The number of hydrogen-bond donors (Lipinski definition) is 4. The van der Waals surface area contributed by atoms with Crippen LogP contribution in [0.15, 0.2) is 61.4 Å². The van der Waals surface area contributed by atoms with Gasteiger partial charge in [0, 0.05) is 18.2 Å². The van der Waals surface area contributed by atoms with Crippen molar-refractivity contribution in [2.45, 2.75) is 31.7 Å². The number of carbonyl (C=O) groups is 3. The number of nitrogens with one attached hydrogen (secondary N) is 4. The zero-order chi connectivity index (χ0) is 23.9. The van der Waals surface area contributed by atoms with Gasteiger partial charge in [-0.15, -0.1) is 0 Å². The molecule has 0 spiro atoms. The van der Waals surface area contributed by atoms with Crippen molar-refractivity contribution < 1.29 is 14.4 Å². The molecule has 3 amide bonds. The molecular weight excluding hydrogens is 434 g/mol. The van der Waals surface area contributed by atoms with Crippen molar-refractivity contribution in [2.24, 2.45) is 5.92 Å². The topological polar surface area (TPSA) is 142 Å². The average molecular weight is 460 g/mol. The van der Waals surface area contributed by atoms with E-state index in [0.717, 1.165) is 19.3 Å². The third kappa shape index (κ3) is 5.71. The van der Waals surface area contributed by atoms with Gasteiger partial charge in [-0.2, -0.15) is 5.10 Å². The number of H-pyrrole nitrogens is 1. The summed E-state index contributed by atoms with van der Waals surface area (Å²) in [5.41, 5.74) is 2.08. The van der Waals surface area contributed by atoms with Crippen molar-refractivity contribution in [3.63, 3.8) is 0 Å². The van der Waals surface area contributed by atoms with Crippen LogP contribution in [0, 0.1) is 5.92 Å². The van der Waals surface area contributed by atoms with E-state index in [1.807, 2.05) is 0 Å². The Morgan fingerprint density at radius 3 is 2.71 bits per heavy atom. The molecule has 0 bridgehead atoms. The predicted octanol–water partition coefficient (Wildman–Crippen LogP) is 2.92. The highest BCUT2D eigenvalue weighted by Crippen LogP contribution is 2.26. The van der Waals surface area contributed by atoms with E-state index in [-0.39, 0.29) is 29.5 Å². The molecule has 3 heterocycles. The van der Waals surface area contributed by atoms with E-state index in [0.29, 0.717) is 29.3 Å². The standard InChI is InChI=1S/C24H25N7O3/c1-2-22(32)27-16-6-3-5-15(13-16)23(33)28-17-9-10-21(25-14-17)30-24(34)20-8-4-7-18(29-20)19-11-12-26-31-19/h2,4,7-12,14-16H,1,3,5-6,13H2,(H,26,31)(H,27,32)(H,28,33)(H,25,30,34)/t15?,16-/m1/s1. The van der Waals surface area contributed by atoms with E-state index < -0.39 is 5.91 Å². The third-order valence-electron chi connectivity index (χ3n) is 5.61. The van der Waals surface area contributed by atoms with Crippen LogP contribution in [0.3, 0.4) is 0 Å². The second kappa shape index (κ2) is 10.5. The van der Waals surface area contributed by atoms with Gasteiger partial charge in [0.05, 0.1) is 23.3 Å². The van der Waals surface area contributed by atoms with Gasteiger partial charge in [-0.05, 0) is 55.7 Å². The maximum atomic E-state index is 12.7. The molecule has 34 heavy (non-hydrogen) atoms. The highest BCUT2D eigenvalue weighted by molar-refractivity contribution is 6.02. The molecule has 0 aromatic carbocycles. The van der Waals surface area contributed by atoms with Gasteiger partial charge in [0.1, 0.15) is 11.5 Å². The SMILES string of the molecule is C=CC(=O)N[C@@H]1CCCC(C(=O)Nc2ccc(NC(=O)c3cccc(-c4ccn[nH]4)n3)nc2)C1. The van der Waals surface area contributed by atoms with Crippen LogP contribution in [0.25, 0.3) is 11.4 Å². The highest BCUT2D eigenvalue weighted by atomic mass is 16.2. The van der Waals surface area contributed by atoms with Crippen LogP contribution in [0.4, 0.5) is 11.5 Å². The maximum Gasteiger partial charge on any atom is 0.275 e. The Morgan fingerprint density at radius 2 is 1.97 bits per heavy atom. The maximum absolute atomic E-state index is 12.7. The molecule has 4 rings (SSSR count). The minimum atomic E-state index is -0.402. The molecule has 174 valence electrons. The monoisotopic (exact) mass is 459 g/mol. The van der Waals surface area contributed by atoms with Gasteiger partial charge < -0.3 is 16.0 Å². The largest absolute Gasteiger partial charge is 0.350 e. The summed E-state index contributed by atoms with van der Waals surface area (Å²) < 4.78 is 0. The number of hydrogen-bond acceptors (Lipinski definition) is 6. The number of nitrogens with zero attached hydrogens (tertiary/aromatic N) is 3. The van der Waals surface area contributed by atoms with Gasteiger partial charge >= 0.3 is 0 Å². The quantitative estimate of drug-likeness (QED) is 0.400. The second-order valence-corrected chi connectivity index (χ2v) is 8.03. The van der Waals surface area contributed by atoms with Crippen molar-refractivity contribution in [1.82, 2.24) is 25.5 Å². The molecule has 1 saturated carbocycles. The van der Waals surface area contributed by atoms with Gasteiger partial charge in [0.25, 0.3) is 5.91 Å². The summed E-state index contributed by atoms with van der Waals surface area (Å²) in [5.74, 6) is -0.606. The molecule has 1 unspecified atom stereocenters. The zero-order valence-electron chi connectivity index (χ0n) is 18.5. The fraction of sp³-hybridized carbons (Fsp3) is 0.250. The van der Waals surface area contributed by atoms with Crippen molar-refractivity contribution in [1.29, 1.82) is 0 Å². The Kier molecular flexibility index (Phi) is 7.07. The Balaban J connectivity index is 1.33.